The molecule has 0 amide bonds. The highest BCUT2D eigenvalue weighted by Crippen LogP contribution is 2.17. The Labute approximate surface area is 143 Å². The maximum Gasteiger partial charge on any atom is 0.191 e. The van der Waals surface area contributed by atoms with Crippen LogP contribution in [0.15, 0.2) is 47.5 Å². The van der Waals surface area contributed by atoms with Gasteiger partial charge in [0.1, 0.15) is 11.6 Å². The van der Waals surface area contributed by atoms with E-state index in [1.54, 1.807) is 48.5 Å². The van der Waals surface area contributed by atoms with Crippen LogP contribution in [0.1, 0.15) is 40.5 Å². The van der Waals surface area contributed by atoms with Crippen molar-refractivity contribution in [2.24, 2.45) is 0 Å². The summed E-state index contributed by atoms with van der Waals surface area (Å²) in [5, 5.41) is 4.72. The summed E-state index contributed by atoms with van der Waals surface area (Å²) in [4.78, 5) is 15.2. The highest BCUT2D eigenvalue weighted by Gasteiger charge is 2.04. The molecule has 0 fully saturated rings. The number of pyridine rings is 1. The second-order valence-electron chi connectivity index (χ2n) is 4.88. The van der Waals surface area contributed by atoms with Gasteiger partial charge in [0.2, 0.25) is 0 Å². The van der Waals surface area contributed by atoms with Gasteiger partial charge in [-0.2, -0.15) is 5.10 Å². The smallest absolute Gasteiger partial charge is 0.191 e. The molecule has 5 nitrogen and oxygen atoms in total. The fraction of sp³-hybridized carbons (Fsp3) is 0.368. The Balaban J connectivity index is 0.000000423. The second kappa shape index (κ2) is 10.3. The van der Waals surface area contributed by atoms with Gasteiger partial charge in [0.25, 0.3) is 0 Å². The Bertz CT molecular complexity index is 775. The van der Waals surface area contributed by atoms with Gasteiger partial charge in [0.15, 0.2) is 5.43 Å². The molecule has 0 radical (unpaired) electrons. The van der Waals surface area contributed by atoms with Crippen molar-refractivity contribution in [2.45, 2.75) is 40.5 Å². The Morgan fingerprint density at radius 3 is 2.42 bits per heavy atom. The highest BCUT2D eigenvalue weighted by atomic mass is 16.5. The predicted molar refractivity (Wildman–Crippen MR) is 100 cm³/mol. The number of hydrogen-bond acceptors (Lipinski definition) is 3. The molecule has 5 heteroatoms. The van der Waals surface area contributed by atoms with Gasteiger partial charge in [0.05, 0.1) is 12.6 Å². The van der Waals surface area contributed by atoms with Crippen LogP contribution in [-0.2, 0) is 0 Å². The average Bonchev–Trinajstić information content (AvgIpc) is 3.17. The monoisotopic (exact) mass is 329 g/mol. The zero-order valence-electron chi connectivity index (χ0n) is 15.2. The van der Waals surface area contributed by atoms with E-state index in [9.17, 15) is 4.79 Å². The molecule has 0 unspecified atom stereocenters. The Morgan fingerprint density at radius 2 is 1.88 bits per heavy atom. The normalized spacial score (nSPS) is 9.54. The first-order chi connectivity index (χ1) is 11.7. The lowest BCUT2D eigenvalue weighted by Crippen LogP contribution is -2.07. The van der Waals surface area contributed by atoms with Crippen LogP contribution < -0.4 is 10.2 Å². The molecule has 0 spiro atoms. The standard InChI is InChI=1S/C13H11N3O2.C4H10.C2H6/c1-18-9-3-4-10-11(7-9)15-13(8-12(10)17)16-6-2-5-14-16;1-3-4-2;1-2/h2-8H,1H3,(H,15,17);3-4H2,1-2H3;1-2H3. The number of methoxy groups -OCH3 is 1. The third-order valence-corrected chi connectivity index (χ3v) is 3.27. The lowest BCUT2D eigenvalue weighted by Gasteiger charge is -2.05. The molecule has 2 aromatic heterocycles. The minimum atomic E-state index is -0.0445. The van der Waals surface area contributed by atoms with E-state index in [1.165, 1.54) is 18.9 Å². The molecule has 24 heavy (non-hydrogen) atoms. The van der Waals surface area contributed by atoms with Crippen molar-refractivity contribution >= 4 is 10.9 Å². The molecule has 0 atom stereocenters. The lowest BCUT2D eigenvalue weighted by molar-refractivity contribution is 0.415. The Morgan fingerprint density at radius 1 is 1.17 bits per heavy atom. The van der Waals surface area contributed by atoms with E-state index in [0.29, 0.717) is 17.0 Å². The summed E-state index contributed by atoms with van der Waals surface area (Å²) >= 11 is 0. The zero-order valence-corrected chi connectivity index (χ0v) is 15.2. The molecule has 130 valence electrons. The summed E-state index contributed by atoms with van der Waals surface area (Å²) in [5.74, 6) is 1.33. The number of ether oxygens (including phenoxy) is 1. The van der Waals surface area contributed by atoms with Crippen LogP contribution in [0.3, 0.4) is 0 Å². The van der Waals surface area contributed by atoms with E-state index in [-0.39, 0.29) is 5.43 Å². The van der Waals surface area contributed by atoms with Crippen molar-refractivity contribution in [1.82, 2.24) is 14.8 Å². The van der Waals surface area contributed by atoms with Crippen LogP contribution in [0.25, 0.3) is 16.7 Å². The first kappa shape index (κ1) is 19.5. The van der Waals surface area contributed by atoms with Gasteiger partial charge < -0.3 is 9.72 Å². The highest BCUT2D eigenvalue weighted by molar-refractivity contribution is 5.80. The number of aromatic nitrogens is 3. The van der Waals surface area contributed by atoms with E-state index in [0.717, 1.165) is 5.52 Å². The summed E-state index contributed by atoms with van der Waals surface area (Å²) in [6, 6.07) is 8.64. The molecule has 2 heterocycles. The molecule has 0 saturated heterocycles. The van der Waals surface area contributed by atoms with Crippen molar-refractivity contribution in [2.75, 3.05) is 7.11 Å². The van der Waals surface area contributed by atoms with Gasteiger partial charge in [-0.3, -0.25) is 4.79 Å². The van der Waals surface area contributed by atoms with Gasteiger partial charge >= 0.3 is 0 Å². The molecule has 0 aliphatic carbocycles. The number of hydrogen-bond donors (Lipinski definition) is 1. The summed E-state index contributed by atoms with van der Waals surface area (Å²) in [6.07, 6.45) is 6.07. The van der Waals surface area contributed by atoms with Crippen molar-refractivity contribution in [3.05, 3.63) is 52.9 Å². The van der Waals surface area contributed by atoms with Crippen LogP contribution in [0.2, 0.25) is 0 Å². The lowest BCUT2D eigenvalue weighted by atomic mass is 10.2. The molecule has 0 aliphatic rings. The summed E-state index contributed by atoms with van der Waals surface area (Å²) in [5.41, 5.74) is 0.684. The van der Waals surface area contributed by atoms with E-state index < -0.39 is 0 Å². The van der Waals surface area contributed by atoms with Crippen LogP contribution in [0.4, 0.5) is 0 Å². The number of fused-ring (bicyclic) bond motifs is 1. The number of nitrogens with zero attached hydrogens (tertiary/aromatic N) is 2. The third kappa shape index (κ3) is 4.98. The first-order valence-electron chi connectivity index (χ1n) is 8.40. The fourth-order valence-electron chi connectivity index (χ4n) is 1.88. The summed E-state index contributed by atoms with van der Waals surface area (Å²) in [7, 11) is 1.59. The molecule has 3 rings (SSSR count). The minimum Gasteiger partial charge on any atom is -0.497 e. The topological polar surface area (TPSA) is 59.9 Å². The summed E-state index contributed by atoms with van der Waals surface area (Å²) < 4.78 is 6.76. The maximum atomic E-state index is 12.0. The number of benzene rings is 1. The molecule has 3 aromatic rings. The van der Waals surface area contributed by atoms with E-state index in [1.807, 2.05) is 13.8 Å². The van der Waals surface area contributed by atoms with Crippen LogP contribution >= 0.6 is 0 Å². The second-order valence-corrected chi connectivity index (χ2v) is 4.88. The quantitative estimate of drug-likeness (QED) is 0.766. The molecular formula is C19H27N3O2. The number of unbranched alkanes of at least 4 members (excludes halogenated alkanes) is 1. The number of rotatable bonds is 3. The van der Waals surface area contributed by atoms with E-state index in [2.05, 4.69) is 23.9 Å². The van der Waals surface area contributed by atoms with Gasteiger partial charge in [-0.25, -0.2) is 4.68 Å². The molecule has 0 saturated carbocycles. The Hall–Kier alpha value is -2.56. The zero-order chi connectivity index (χ0) is 17.9. The number of H-pyrrole nitrogens is 1. The first-order valence-corrected chi connectivity index (χ1v) is 8.40. The third-order valence-electron chi connectivity index (χ3n) is 3.27. The molecule has 1 aromatic carbocycles. The van der Waals surface area contributed by atoms with Crippen molar-refractivity contribution in [3.8, 4) is 11.6 Å². The van der Waals surface area contributed by atoms with Crippen molar-refractivity contribution in [3.63, 3.8) is 0 Å². The fourth-order valence-corrected chi connectivity index (χ4v) is 1.88. The van der Waals surface area contributed by atoms with Gasteiger partial charge in [0, 0.05) is 29.9 Å². The van der Waals surface area contributed by atoms with Crippen LogP contribution in [-0.4, -0.2) is 21.9 Å². The molecule has 0 bridgehead atoms. The number of aromatic amines is 1. The molecular weight excluding hydrogens is 302 g/mol. The van der Waals surface area contributed by atoms with Gasteiger partial charge in [-0.05, 0) is 18.2 Å². The van der Waals surface area contributed by atoms with E-state index in [4.69, 9.17) is 4.74 Å². The van der Waals surface area contributed by atoms with Gasteiger partial charge in [-0.1, -0.05) is 40.5 Å². The van der Waals surface area contributed by atoms with Crippen LogP contribution in [0.5, 0.6) is 5.75 Å². The minimum absolute atomic E-state index is 0.0445. The largest absolute Gasteiger partial charge is 0.497 e. The predicted octanol–water partition coefficient (Wildman–Crippen LogP) is 4.56. The number of nitrogens with one attached hydrogen (secondary N) is 1. The van der Waals surface area contributed by atoms with Crippen LogP contribution in [0, 0.1) is 0 Å². The van der Waals surface area contributed by atoms with Crippen molar-refractivity contribution in [1.29, 1.82) is 0 Å². The van der Waals surface area contributed by atoms with E-state index >= 15 is 0 Å². The van der Waals surface area contributed by atoms with Crippen molar-refractivity contribution < 1.29 is 4.74 Å². The SMILES string of the molecule is CC.CCCC.COc1ccc2c(=O)cc(-n3cccn3)[nH]c2c1. The maximum absolute atomic E-state index is 12.0. The Kier molecular flexibility index (Phi) is 8.33. The molecule has 0 aliphatic heterocycles. The summed E-state index contributed by atoms with van der Waals surface area (Å²) in [6.45, 7) is 8.36. The molecule has 1 N–H and O–H groups in total. The average molecular weight is 329 g/mol. The van der Waals surface area contributed by atoms with Gasteiger partial charge in [-0.15, -0.1) is 0 Å².